The predicted molar refractivity (Wildman–Crippen MR) is 130 cm³/mol. The Labute approximate surface area is 196 Å². The SMILES string of the molecule is COc1cc2c(Nc3cccc4c(Cl)c[nH]c34)ncnc2cc1OCCCC1COCCN1. The molecule has 33 heavy (non-hydrogen) atoms. The van der Waals surface area contributed by atoms with Crippen LogP contribution in [0.25, 0.3) is 21.8 Å². The van der Waals surface area contributed by atoms with Crippen molar-refractivity contribution in [3.05, 3.63) is 47.9 Å². The lowest BCUT2D eigenvalue weighted by Gasteiger charge is -2.23. The van der Waals surface area contributed by atoms with Crippen molar-refractivity contribution in [2.45, 2.75) is 18.9 Å². The maximum Gasteiger partial charge on any atom is 0.163 e. The number of methoxy groups -OCH3 is 1. The van der Waals surface area contributed by atoms with Gasteiger partial charge in [0.15, 0.2) is 11.5 Å². The number of aromatic amines is 1. The number of aromatic nitrogens is 3. The molecule has 9 heteroatoms. The lowest BCUT2D eigenvalue weighted by atomic mass is 10.1. The van der Waals surface area contributed by atoms with E-state index < -0.39 is 0 Å². The molecule has 3 N–H and O–H groups in total. The molecule has 1 aliphatic heterocycles. The smallest absolute Gasteiger partial charge is 0.163 e. The fourth-order valence-corrected chi connectivity index (χ4v) is 4.32. The minimum atomic E-state index is 0.390. The van der Waals surface area contributed by atoms with E-state index >= 15 is 0 Å². The quantitative estimate of drug-likeness (QED) is 0.324. The van der Waals surface area contributed by atoms with Crippen molar-refractivity contribution in [2.24, 2.45) is 0 Å². The van der Waals surface area contributed by atoms with Gasteiger partial charge in [-0.15, -0.1) is 0 Å². The van der Waals surface area contributed by atoms with Crippen LogP contribution in [-0.4, -0.2) is 54.5 Å². The number of ether oxygens (including phenoxy) is 3. The highest BCUT2D eigenvalue weighted by molar-refractivity contribution is 6.36. The molecule has 0 radical (unpaired) electrons. The van der Waals surface area contributed by atoms with E-state index in [0.717, 1.165) is 60.1 Å². The summed E-state index contributed by atoms with van der Waals surface area (Å²) in [7, 11) is 1.63. The van der Waals surface area contributed by atoms with Crippen molar-refractivity contribution in [3.8, 4) is 11.5 Å². The molecule has 0 saturated carbocycles. The van der Waals surface area contributed by atoms with E-state index in [1.54, 1.807) is 13.3 Å². The number of nitrogens with one attached hydrogen (secondary N) is 3. The molecule has 5 rings (SSSR count). The molecule has 172 valence electrons. The molecule has 0 bridgehead atoms. The molecule has 0 aliphatic carbocycles. The van der Waals surface area contributed by atoms with E-state index in [9.17, 15) is 0 Å². The van der Waals surface area contributed by atoms with Crippen LogP contribution >= 0.6 is 11.6 Å². The van der Waals surface area contributed by atoms with Crippen LogP contribution in [0.5, 0.6) is 11.5 Å². The van der Waals surface area contributed by atoms with Crippen molar-refractivity contribution in [3.63, 3.8) is 0 Å². The first-order valence-electron chi connectivity index (χ1n) is 11.0. The lowest BCUT2D eigenvalue weighted by Crippen LogP contribution is -2.41. The Hall–Kier alpha value is -3.07. The highest BCUT2D eigenvalue weighted by atomic mass is 35.5. The van der Waals surface area contributed by atoms with Gasteiger partial charge in [-0.2, -0.15) is 0 Å². The van der Waals surface area contributed by atoms with Crippen molar-refractivity contribution >= 4 is 44.9 Å². The monoisotopic (exact) mass is 467 g/mol. The van der Waals surface area contributed by atoms with Crippen LogP contribution in [0.3, 0.4) is 0 Å². The zero-order valence-corrected chi connectivity index (χ0v) is 19.1. The summed E-state index contributed by atoms with van der Waals surface area (Å²) in [4.78, 5) is 12.1. The second-order valence-corrected chi connectivity index (χ2v) is 8.36. The van der Waals surface area contributed by atoms with Gasteiger partial charge in [0.2, 0.25) is 0 Å². The first kappa shape index (κ1) is 21.8. The zero-order valence-electron chi connectivity index (χ0n) is 18.4. The number of benzene rings is 2. The van der Waals surface area contributed by atoms with Gasteiger partial charge in [-0.25, -0.2) is 9.97 Å². The number of H-pyrrole nitrogens is 1. The molecule has 8 nitrogen and oxygen atoms in total. The molecule has 1 saturated heterocycles. The molecule has 1 atom stereocenters. The summed E-state index contributed by atoms with van der Waals surface area (Å²) in [5, 5.41) is 9.33. The van der Waals surface area contributed by atoms with Gasteiger partial charge in [0.25, 0.3) is 0 Å². The number of hydrogen-bond donors (Lipinski definition) is 3. The third kappa shape index (κ3) is 4.68. The summed E-state index contributed by atoms with van der Waals surface area (Å²) in [5.74, 6) is 1.98. The summed E-state index contributed by atoms with van der Waals surface area (Å²) in [5.41, 5.74) is 2.56. The fraction of sp³-hybridized carbons (Fsp3) is 0.333. The van der Waals surface area contributed by atoms with Crippen molar-refractivity contribution < 1.29 is 14.2 Å². The number of halogens is 1. The second kappa shape index (κ2) is 9.82. The van der Waals surface area contributed by atoms with E-state index in [2.05, 4.69) is 25.6 Å². The zero-order chi connectivity index (χ0) is 22.6. The Kier molecular flexibility index (Phi) is 6.48. The van der Waals surface area contributed by atoms with Gasteiger partial charge in [0.1, 0.15) is 12.1 Å². The Balaban J connectivity index is 1.35. The molecule has 0 spiro atoms. The Bertz CT molecular complexity index is 1260. The number of hydrogen-bond acceptors (Lipinski definition) is 7. The molecule has 2 aromatic heterocycles. The molecule has 1 fully saturated rings. The highest BCUT2D eigenvalue weighted by Gasteiger charge is 2.15. The third-order valence-corrected chi connectivity index (χ3v) is 6.10. The molecule has 4 aromatic rings. The normalized spacial score (nSPS) is 16.2. The summed E-state index contributed by atoms with van der Waals surface area (Å²) in [6, 6.07) is 10.1. The molecule has 0 amide bonds. The van der Waals surface area contributed by atoms with Crippen molar-refractivity contribution in [1.29, 1.82) is 0 Å². The third-order valence-electron chi connectivity index (χ3n) is 5.79. The topological polar surface area (TPSA) is 93.3 Å². The number of anilines is 2. The van der Waals surface area contributed by atoms with E-state index in [1.165, 1.54) is 6.33 Å². The first-order chi connectivity index (χ1) is 16.2. The molecule has 2 aromatic carbocycles. The van der Waals surface area contributed by atoms with Gasteiger partial charge in [-0.1, -0.05) is 23.7 Å². The summed E-state index contributed by atoms with van der Waals surface area (Å²) >= 11 is 6.27. The second-order valence-electron chi connectivity index (χ2n) is 7.95. The van der Waals surface area contributed by atoms with Crippen LogP contribution in [-0.2, 0) is 4.74 Å². The van der Waals surface area contributed by atoms with E-state index in [-0.39, 0.29) is 0 Å². The highest BCUT2D eigenvalue weighted by Crippen LogP contribution is 2.36. The largest absolute Gasteiger partial charge is 0.493 e. The van der Waals surface area contributed by atoms with Crippen LogP contribution in [0.15, 0.2) is 42.9 Å². The van der Waals surface area contributed by atoms with Crippen LogP contribution < -0.4 is 20.1 Å². The average Bonchev–Trinajstić information content (AvgIpc) is 3.24. The number of rotatable bonds is 8. The van der Waals surface area contributed by atoms with Crippen LogP contribution in [0.4, 0.5) is 11.5 Å². The molecule has 1 aliphatic rings. The number of fused-ring (bicyclic) bond motifs is 2. The minimum absolute atomic E-state index is 0.390. The van der Waals surface area contributed by atoms with Gasteiger partial charge >= 0.3 is 0 Å². The van der Waals surface area contributed by atoms with Gasteiger partial charge in [-0.3, -0.25) is 0 Å². The van der Waals surface area contributed by atoms with E-state index in [0.29, 0.717) is 35.0 Å². The van der Waals surface area contributed by atoms with Crippen molar-refractivity contribution in [1.82, 2.24) is 20.3 Å². The summed E-state index contributed by atoms with van der Waals surface area (Å²) < 4.78 is 17.2. The van der Waals surface area contributed by atoms with Gasteiger partial charge in [-0.05, 0) is 25.0 Å². The standard InChI is InChI=1S/C24H26ClN5O3/c1-31-21-10-17-20(11-22(21)33-8-3-4-15-13-32-9-7-26-15)28-14-29-24(17)30-19-6-2-5-16-18(25)12-27-23(16)19/h2,5-6,10-12,14-15,26-27H,3-4,7-9,13H2,1H3,(H,28,29,30). The molecular weight excluding hydrogens is 442 g/mol. The van der Waals surface area contributed by atoms with E-state index in [4.69, 9.17) is 25.8 Å². The number of para-hydroxylation sites is 1. The summed E-state index contributed by atoms with van der Waals surface area (Å²) in [6.07, 6.45) is 5.24. The number of nitrogens with zero attached hydrogens (tertiary/aromatic N) is 2. The maximum absolute atomic E-state index is 6.27. The Morgan fingerprint density at radius 2 is 2.15 bits per heavy atom. The maximum atomic E-state index is 6.27. The summed E-state index contributed by atoms with van der Waals surface area (Å²) in [6.45, 7) is 3.04. The Morgan fingerprint density at radius 3 is 3.00 bits per heavy atom. The molecular formula is C24H26ClN5O3. The first-order valence-corrected chi connectivity index (χ1v) is 11.4. The van der Waals surface area contributed by atoms with Crippen LogP contribution in [0, 0.1) is 0 Å². The Morgan fingerprint density at radius 1 is 1.21 bits per heavy atom. The molecule has 3 heterocycles. The molecule has 1 unspecified atom stereocenters. The van der Waals surface area contributed by atoms with Crippen LogP contribution in [0.2, 0.25) is 5.02 Å². The van der Waals surface area contributed by atoms with E-state index in [1.807, 2.05) is 30.3 Å². The minimum Gasteiger partial charge on any atom is -0.493 e. The van der Waals surface area contributed by atoms with Gasteiger partial charge in [0.05, 0.1) is 48.7 Å². The van der Waals surface area contributed by atoms with Gasteiger partial charge in [0, 0.05) is 35.6 Å². The predicted octanol–water partition coefficient (Wildman–Crippen LogP) is 4.66. The average molecular weight is 468 g/mol. The van der Waals surface area contributed by atoms with Crippen molar-refractivity contribution in [2.75, 3.05) is 38.8 Å². The van der Waals surface area contributed by atoms with Gasteiger partial charge < -0.3 is 29.8 Å². The fourth-order valence-electron chi connectivity index (χ4n) is 4.10. The number of morpholine rings is 1. The van der Waals surface area contributed by atoms with Crippen LogP contribution in [0.1, 0.15) is 12.8 Å². The lowest BCUT2D eigenvalue weighted by molar-refractivity contribution is 0.0721.